The maximum atomic E-state index is 11.5. The monoisotopic (exact) mass is 488 g/mol. The van der Waals surface area contributed by atoms with E-state index in [1.165, 1.54) is 12.3 Å². The van der Waals surface area contributed by atoms with Gasteiger partial charge in [0.25, 0.3) is 0 Å². The van der Waals surface area contributed by atoms with Gasteiger partial charge in [-0.2, -0.15) is 20.1 Å². The molecule has 3 aromatic rings. The number of phenols is 1. The van der Waals surface area contributed by atoms with Gasteiger partial charge in [0.15, 0.2) is 0 Å². The van der Waals surface area contributed by atoms with Gasteiger partial charge < -0.3 is 14.9 Å². The van der Waals surface area contributed by atoms with Crippen LogP contribution in [0.2, 0.25) is 0 Å². The molecule has 2 aliphatic rings. The van der Waals surface area contributed by atoms with Crippen LogP contribution in [-0.4, -0.2) is 57.4 Å². The third-order valence-corrected chi connectivity index (χ3v) is 6.38. The Bertz CT molecular complexity index is 1220. The summed E-state index contributed by atoms with van der Waals surface area (Å²) in [5.41, 5.74) is 4.41. The molecule has 0 saturated carbocycles. The summed E-state index contributed by atoms with van der Waals surface area (Å²) in [4.78, 5) is 29.0. The molecule has 2 aliphatic heterocycles. The standard InChI is InChI=1S/C25H28N8O3/c34-22-20(15-19(16-21(22)33(35)36)14-18-8-2-1-3-9-18)17-26-30-23-27-24(31-10-4-5-11-31)29-25(28-23)32-12-6-7-13-32/h1-3,8-9,15-17,34H,4-7,10-14H2,(H,27,28,29,30). The Labute approximate surface area is 208 Å². The molecular weight excluding hydrogens is 460 g/mol. The highest BCUT2D eigenvalue weighted by Gasteiger charge is 2.22. The van der Waals surface area contributed by atoms with Gasteiger partial charge in [0.05, 0.1) is 11.1 Å². The van der Waals surface area contributed by atoms with Gasteiger partial charge in [-0.05, 0) is 49.3 Å². The first-order valence-corrected chi connectivity index (χ1v) is 12.2. The summed E-state index contributed by atoms with van der Waals surface area (Å²) in [7, 11) is 0. The Hall–Kier alpha value is -4.28. The largest absolute Gasteiger partial charge is 0.502 e. The Kier molecular flexibility index (Phi) is 6.87. The van der Waals surface area contributed by atoms with E-state index in [9.17, 15) is 15.2 Å². The van der Waals surface area contributed by atoms with Crippen molar-refractivity contribution in [1.82, 2.24) is 15.0 Å². The second-order valence-electron chi connectivity index (χ2n) is 8.99. The highest BCUT2D eigenvalue weighted by molar-refractivity contribution is 5.86. The summed E-state index contributed by atoms with van der Waals surface area (Å²) in [6, 6.07) is 12.7. The van der Waals surface area contributed by atoms with Crippen molar-refractivity contribution in [1.29, 1.82) is 0 Å². The molecule has 36 heavy (non-hydrogen) atoms. The van der Waals surface area contributed by atoms with Gasteiger partial charge in [0.1, 0.15) is 0 Å². The molecule has 2 fully saturated rings. The summed E-state index contributed by atoms with van der Waals surface area (Å²) < 4.78 is 0. The van der Waals surface area contributed by atoms with E-state index in [1.807, 2.05) is 30.3 Å². The first kappa shape index (κ1) is 23.5. The fourth-order valence-electron chi connectivity index (χ4n) is 4.55. The van der Waals surface area contributed by atoms with E-state index in [1.54, 1.807) is 6.07 Å². The average Bonchev–Trinajstić information content (AvgIpc) is 3.61. The summed E-state index contributed by atoms with van der Waals surface area (Å²) in [5, 5.41) is 26.3. The predicted molar refractivity (Wildman–Crippen MR) is 138 cm³/mol. The number of aromatic nitrogens is 3. The Morgan fingerprint density at radius 1 is 0.944 bits per heavy atom. The van der Waals surface area contributed by atoms with E-state index < -0.39 is 10.7 Å². The lowest BCUT2D eigenvalue weighted by Gasteiger charge is -2.20. The first-order valence-electron chi connectivity index (χ1n) is 12.2. The molecule has 3 heterocycles. The topological polar surface area (TPSA) is 133 Å². The second kappa shape index (κ2) is 10.5. The molecule has 2 saturated heterocycles. The highest BCUT2D eigenvalue weighted by Crippen LogP contribution is 2.31. The van der Waals surface area contributed by atoms with Crippen LogP contribution in [0.15, 0.2) is 47.6 Å². The van der Waals surface area contributed by atoms with Crippen LogP contribution in [0.5, 0.6) is 5.75 Å². The van der Waals surface area contributed by atoms with Crippen molar-refractivity contribution in [2.45, 2.75) is 32.1 Å². The van der Waals surface area contributed by atoms with Crippen LogP contribution in [0.1, 0.15) is 42.4 Å². The molecule has 11 heteroatoms. The molecule has 0 spiro atoms. The fraction of sp³-hybridized carbons (Fsp3) is 0.360. The molecule has 0 radical (unpaired) electrons. The molecule has 0 amide bonds. The molecule has 1 aromatic heterocycles. The number of nitrogens with one attached hydrogen (secondary N) is 1. The fourth-order valence-corrected chi connectivity index (χ4v) is 4.55. The van der Waals surface area contributed by atoms with Crippen LogP contribution < -0.4 is 15.2 Å². The minimum Gasteiger partial charge on any atom is -0.502 e. The van der Waals surface area contributed by atoms with Crippen molar-refractivity contribution < 1.29 is 10.0 Å². The number of nitrogens with zero attached hydrogens (tertiary/aromatic N) is 7. The van der Waals surface area contributed by atoms with Gasteiger partial charge in [-0.3, -0.25) is 10.1 Å². The molecule has 0 unspecified atom stereocenters. The molecule has 5 rings (SSSR count). The zero-order chi connectivity index (χ0) is 24.9. The number of aromatic hydroxyl groups is 1. The summed E-state index contributed by atoms with van der Waals surface area (Å²) in [6.07, 6.45) is 6.24. The number of anilines is 3. The van der Waals surface area contributed by atoms with Crippen molar-refractivity contribution in [3.63, 3.8) is 0 Å². The van der Waals surface area contributed by atoms with E-state index in [4.69, 9.17) is 0 Å². The van der Waals surface area contributed by atoms with E-state index in [-0.39, 0.29) is 11.3 Å². The maximum absolute atomic E-state index is 11.5. The Morgan fingerprint density at radius 2 is 1.56 bits per heavy atom. The zero-order valence-electron chi connectivity index (χ0n) is 19.9. The minimum atomic E-state index is -0.592. The van der Waals surface area contributed by atoms with Crippen molar-refractivity contribution in [3.8, 4) is 5.75 Å². The maximum Gasteiger partial charge on any atom is 0.311 e. The first-order chi connectivity index (χ1) is 17.6. The van der Waals surface area contributed by atoms with Gasteiger partial charge in [0.2, 0.25) is 23.6 Å². The molecule has 2 aromatic carbocycles. The number of nitro groups is 1. The molecule has 186 valence electrons. The predicted octanol–water partition coefficient (Wildman–Crippen LogP) is 3.72. The van der Waals surface area contributed by atoms with Gasteiger partial charge in [-0.15, -0.1) is 0 Å². The van der Waals surface area contributed by atoms with E-state index in [0.29, 0.717) is 29.8 Å². The van der Waals surface area contributed by atoms with Gasteiger partial charge >= 0.3 is 5.69 Å². The van der Waals surface area contributed by atoms with E-state index in [0.717, 1.165) is 57.4 Å². The minimum absolute atomic E-state index is 0.233. The van der Waals surface area contributed by atoms with Gasteiger partial charge in [-0.25, -0.2) is 5.43 Å². The lowest BCUT2D eigenvalue weighted by atomic mass is 10.0. The number of nitro benzene ring substituents is 1. The number of hydrogen-bond donors (Lipinski definition) is 2. The van der Waals surface area contributed by atoms with Crippen LogP contribution in [0.3, 0.4) is 0 Å². The van der Waals surface area contributed by atoms with Gasteiger partial charge in [-0.1, -0.05) is 30.3 Å². The Balaban J connectivity index is 1.40. The molecule has 0 bridgehead atoms. The molecule has 0 aliphatic carbocycles. The second-order valence-corrected chi connectivity index (χ2v) is 8.99. The lowest BCUT2D eigenvalue weighted by Crippen LogP contribution is -2.25. The smallest absolute Gasteiger partial charge is 0.311 e. The number of rotatable bonds is 8. The summed E-state index contributed by atoms with van der Waals surface area (Å²) in [5.74, 6) is 1.09. The van der Waals surface area contributed by atoms with Crippen molar-refractivity contribution in [2.24, 2.45) is 5.10 Å². The third kappa shape index (κ3) is 5.35. The molecule has 11 nitrogen and oxygen atoms in total. The summed E-state index contributed by atoms with van der Waals surface area (Å²) >= 11 is 0. The normalized spacial score (nSPS) is 15.7. The molecular formula is C25H28N8O3. The highest BCUT2D eigenvalue weighted by atomic mass is 16.6. The van der Waals surface area contributed by atoms with Crippen LogP contribution in [0, 0.1) is 10.1 Å². The van der Waals surface area contributed by atoms with Crippen molar-refractivity contribution >= 4 is 29.7 Å². The number of hydrazone groups is 1. The zero-order valence-corrected chi connectivity index (χ0v) is 19.9. The van der Waals surface area contributed by atoms with Crippen LogP contribution in [-0.2, 0) is 6.42 Å². The molecule has 0 atom stereocenters. The van der Waals surface area contributed by atoms with E-state index >= 15 is 0 Å². The van der Waals surface area contributed by atoms with Gasteiger partial charge in [0, 0.05) is 37.8 Å². The van der Waals surface area contributed by atoms with Crippen molar-refractivity contribution in [3.05, 3.63) is 69.3 Å². The SMILES string of the molecule is O=[N+]([O-])c1cc(Cc2ccccc2)cc(C=NNc2nc(N3CCCC3)nc(N3CCCC3)n2)c1O. The Morgan fingerprint density at radius 3 is 2.14 bits per heavy atom. The van der Waals surface area contributed by atoms with Crippen molar-refractivity contribution in [2.75, 3.05) is 41.4 Å². The number of phenolic OH excluding ortho intramolecular Hbond substituents is 1. The summed E-state index contributed by atoms with van der Waals surface area (Å²) in [6.45, 7) is 3.60. The molecule has 2 N–H and O–H groups in total. The van der Waals surface area contributed by atoms with Crippen LogP contribution >= 0.6 is 0 Å². The number of hydrogen-bond acceptors (Lipinski definition) is 10. The lowest BCUT2D eigenvalue weighted by molar-refractivity contribution is -0.385. The van der Waals surface area contributed by atoms with E-state index in [2.05, 4.69) is 35.3 Å². The average molecular weight is 489 g/mol. The van der Waals surface area contributed by atoms with Crippen LogP contribution in [0.4, 0.5) is 23.5 Å². The number of benzene rings is 2. The third-order valence-electron chi connectivity index (χ3n) is 6.38. The van der Waals surface area contributed by atoms with Crippen LogP contribution in [0.25, 0.3) is 0 Å². The quantitative estimate of drug-likeness (QED) is 0.276.